The van der Waals surface area contributed by atoms with Crippen LogP contribution in [0.25, 0.3) is 17.1 Å². The van der Waals surface area contributed by atoms with E-state index in [4.69, 9.17) is 34.2 Å². The van der Waals surface area contributed by atoms with Gasteiger partial charge in [0.1, 0.15) is 36.4 Å². The third kappa shape index (κ3) is 11.0. The lowest BCUT2D eigenvalue weighted by molar-refractivity contribution is 0.0813. The molecule has 3 atom stereocenters. The van der Waals surface area contributed by atoms with Crippen LogP contribution >= 0.6 is 0 Å². The van der Waals surface area contributed by atoms with Crippen LogP contribution in [0.15, 0.2) is 161 Å². The number of carbonyl (C=O) groups excluding carboxylic acids is 3. The second kappa shape index (κ2) is 24.1. The van der Waals surface area contributed by atoms with Crippen molar-refractivity contribution in [1.82, 2.24) is 43.8 Å². The highest BCUT2D eigenvalue weighted by Crippen LogP contribution is 2.38. The van der Waals surface area contributed by atoms with Crippen LogP contribution in [0.3, 0.4) is 0 Å². The van der Waals surface area contributed by atoms with Crippen molar-refractivity contribution in [3.05, 3.63) is 248 Å². The van der Waals surface area contributed by atoms with Crippen molar-refractivity contribution in [2.45, 2.75) is 57.8 Å². The van der Waals surface area contributed by atoms with Crippen LogP contribution in [0.5, 0.6) is 0 Å². The minimum atomic E-state index is -0.423. The number of benzene rings is 6. The summed E-state index contributed by atoms with van der Waals surface area (Å²) in [7, 11) is 6.71. The highest BCUT2D eigenvalue weighted by atomic mass is 19.1. The number of carbonyl (C=O) groups is 3. The maximum Gasteiger partial charge on any atom is 0.273 e. The molecule has 13 rings (SSSR count). The monoisotopic (exact) mass is 1170 g/mol. The number of halogens is 3. The van der Waals surface area contributed by atoms with Crippen molar-refractivity contribution in [1.29, 1.82) is 0 Å². The predicted molar refractivity (Wildman–Crippen MR) is 332 cm³/mol. The molecule has 3 amide bonds. The largest absolute Gasteiger partial charge is 0.348 e. The number of nitrogens with one attached hydrogen (secondary N) is 1. The number of nitrogens with zero attached hydrogens (tertiary/aromatic N) is 11. The molecular weight excluding hydrogens is 1110 g/mol. The molecule has 6 aromatic carbocycles. The summed E-state index contributed by atoms with van der Waals surface area (Å²) in [5.74, 6) is 6.15. The Balaban J connectivity index is 0.000000136. The summed E-state index contributed by atoms with van der Waals surface area (Å²) in [6.45, 7) is 5.62. The fourth-order valence-corrected chi connectivity index (χ4v) is 10.9. The lowest BCUT2D eigenvalue weighted by Gasteiger charge is -2.14. The van der Waals surface area contributed by atoms with Crippen molar-refractivity contribution in [3.8, 4) is 54.1 Å². The predicted octanol–water partition coefficient (Wildman–Crippen LogP) is 11.0. The molecule has 6 heterocycles. The molecule has 18 heteroatoms. The molecule has 0 spiro atoms. The molecule has 0 radical (unpaired) electrons. The van der Waals surface area contributed by atoms with E-state index in [2.05, 4.69) is 38.0 Å². The molecule has 436 valence electrons. The van der Waals surface area contributed by atoms with Gasteiger partial charge in [-0.2, -0.15) is 0 Å². The summed E-state index contributed by atoms with van der Waals surface area (Å²) in [6.07, 6.45) is 23.6. The zero-order valence-electron chi connectivity index (χ0n) is 49.1. The van der Waals surface area contributed by atoms with E-state index in [0.717, 1.165) is 29.9 Å². The van der Waals surface area contributed by atoms with Gasteiger partial charge in [0.2, 0.25) is 0 Å². The standard InChI is InChI=1S/C24H19FN4O.2C23H19FN4O/c1-3-15-8-11-20-18(12-15)21(17-6-4-5-7-19(17)25)27-14(2)23-22(26-13-29(20)23)24(30)28-16-9-10-16;2*1-5-15-10-11-19-17(12-15)20(16-8-6-7-9-18(16)24)26-14(2)22-21(23(29)27(3)4)25-13-28(19)22/h1,4-8,11-14,16H,9-10H2,2H3,(H,28,30);2*1,6-14H,2-4H3/t3*14-/m110/s1. The summed E-state index contributed by atoms with van der Waals surface area (Å²) >= 11 is 0. The van der Waals surface area contributed by atoms with E-state index < -0.39 is 18.1 Å². The smallest absolute Gasteiger partial charge is 0.273 e. The van der Waals surface area contributed by atoms with Crippen molar-refractivity contribution in [2.24, 2.45) is 15.0 Å². The first-order valence-electron chi connectivity index (χ1n) is 28.2. The van der Waals surface area contributed by atoms with Gasteiger partial charge in [-0.3, -0.25) is 43.1 Å². The van der Waals surface area contributed by atoms with Crippen LogP contribution in [0.2, 0.25) is 0 Å². The van der Waals surface area contributed by atoms with E-state index >= 15 is 0 Å². The van der Waals surface area contributed by atoms with Crippen LogP contribution in [-0.4, -0.2) is 108 Å². The highest BCUT2D eigenvalue weighted by Gasteiger charge is 2.34. The molecule has 3 aliphatic heterocycles. The van der Waals surface area contributed by atoms with Crippen LogP contribution in [0.4, 0.5) is 13.2 Å². The van der Waals surface area contributed by atoms with Gasteiger partial charge in [-0.25, -0.2) is 28.1 Å². The number of amides is 3. The molecule has 9 aromatic rings. The second-order valence-electron chi connectivity index (χ2n) is 21.7. The van der Waals surface area contributed by atoms with E-state index in [-0.39, 0.29) is 41.2 Å². The number of imidazole rings is 3. The molecule has 15 nitrogen and oxygen atoms in total. The fraction of sp³-hybridized carbons (Fsp3) is 0.186. The minimum Gasteiger partial charge on any atom is -0.348 e. The number of terminal acetylenes is 3. The molecule has 3 aromatic heterocycles. The Morgan fingerprint density at radius 3 is 1.07 bits per heavy atom. The van der Waals surface area contributed by atoms with Crippen molar-refractivity contribution in [2.75, 3.05) is 28.2 Å². The number of aromatic nitrogens is 6. The van der Waals surface area contributed by atoms with Crippen LogP contribution in [0.1, 0.15) is 150 Å². The molecule has 0 saturated heterocycles. The van der Waals surface area contributed by atoms with Gasteiger partial charge in [0.15, 0.2) is 17.1 Å². The molecule has 0 unspecified atom stereocenters. The summed E-state index contributed by atoms with van der Waals surface area (Å²) < 4.78 is 49.6. The number of rotatable bonds is 7. The first kappa shape index (κ1) is 58.6. The third-order valence-corrected chi connectivity index (χ3v) is 15.3. The first-order valence-corrected chi connectivity index (χ1v) is 28.2. The van der Waals surface area contributed by atoms with Gasteiger partial charge in [0, 0.05) is 84.3 Å². The van der Waals surface area contributed by atoms with Gasteiger partial charge in [-0.1, -0.05) is 54.2 Å². The minimum absolute atomic E-state index is 0.204. The van der Waals surface area contributed by atoms with Gasteiger partial charge in [-0.05, 0) is 125 Å². The Morgan fingerprint density at radius 1 is 0.466 bits per heavy atom. The topological polar surface area (TPSA) is 160 Å². The Kier molecular flexibility index (Phi) is 16.0. The van der Waals surface area contributed by atoms with Crippen LogP contribution in [0, 0.1) is 54.5 Å². The normalized spacial score (nSPS) is 15.7. The average Bonchev–Trinajstić information content (AvgIpc) is 1.72. The Bertz CT molecular complexity index is 4370. The first-order chi connectivity index (χ1) is 42.4. The number of hydrogen-bond donors (Lipinski definition) is 1. The van der Waals surface area contributed by atoms with E-state index in [9.17, 15) is 27.6 Å². The Labute approximate surface area is 507 Å². The molecular formula is C70H57F3N12O3. The summed E-state index contributed by atoms with van der Waals surface area (Å²) in [4.78, 5) is 68.7. The lowest BCUT2D eigenvalue weighted by atomic mass is 9.98. The highest BCUT2D eigenvalue weighted by molar-refractivity contribution is 6.17. The van der Waals surface area contributed by atoms with Crippen molar-refractivity contribution < 1.29 is 27.6 Å². The summed E-state index contributed by atoms with van der Waals surface area (Å²) in [6, 6.07) is 35.0. The van der Waals surface area contributed by atoms with Gasteiger partial charge in [0.05, 0.1) is 69.4 Å². The average molecular weight is 1170 g/mol. The van der Waals surface area contributed by atoms with Crippen molar-refractivity contribution >= 4 is 34.9 Å². The quantitative estimate of drug-likeness (QED) is 0.156. The van der Waals surface area contributed by atoms with Gasteiger partial charge >= 0.3 is 0 Å². The molecule has 0 bridgehead atoms. The third-order valence-electron chi connectivity index (χ3n) is 15.3. The second-order valence-corrected chi connectivity index (χ2v) is 21.7. The SMILES string of the molecule is C#Cc1ccc2c(c1)C(c1ccccc1F)=N[C@@H](C)c1c(C(=O)N(C)C)ncn1-2.C#Cc1ccc2c(c1)C(c1ccccc1F)=N[C@H](C)c1c(C(=O)N(C)C)ncn1-2.C#Cc1ccc2c(c1)C(c1ccccc1F)=N[C@H](C)c1c(C(=O)NC3CC3)ncn1-2. The summed E-state index contributed by atoms with van der Waals surface area (Å²) in [5, 5.41) is 2.99. The maximum atomic E-state index is 14.7. The molecule has 1 aliphatic carbocycles. The van der Waals surface area contributed by atoms with Gasteiger partial charge < -0.3 is 15.1 Å². The van der Waals surface area contributed by atoms with E-state index in [0.29, 0.717) is 101 Å². The molecule has 1 N–H and O–H groups in total. The molecule has 1 fully saturated rings. The van der Waals surface area contributed by atoms with Crippen LogP contribution in [-0.2, 0) is 0 Å². The Morgan fingerprint density at radius 2 is 0.773 bits per heavy atom. The number of fused-ring (bicyclic) bond motifs is 9. The van der Waals surface area contributed by atoms with Gasteiger partial charge in [0.25, 0.3) is 17.7 Å². The van der Waals surface area contributed by atoms with Gasteiger partial charge in [-0.15, -0.1) is 19.3 Å². The molecule has 88 heavy (non-hydrogen) atoms. The fourth-order valence-electron chi connectivity index (χ4n) is 10.9. The van der Waals surface area contributed by atoms with Crippen LogP contribution < -0.4 is 5.32 Å². The zero-order chi connectivity index (χ0) is 62.2. The maximum absolute atomic E-state index is 14.7. The zero-order valence-corrected chi connectivity index (χ0v) is 49.1. The molecule has 1 saturated carbocycles. The number of aliphatic imine (C=N–C) groups is 3. The Hall–Kier alpha value is -11.2. The van der Waals surface area contributed by atoms with E-state index in [1.54, 1.807) is 102 Å². The van der Waals surface area contributed by atoms with Crippen molar-refractivity contribution in [3.63, 3.8) is 0 Å². The molecule has 4 aliphatic rings. The van der Waals surface area contributed by atoms with E-state index in [1.807, 2.05) is 89.1 Å². The summed E-state index contributed by atoms with van der Waals surface area (Å²) in [5.41, 5.74) is 12.0. The lowest BCUT2D eigenvalue weighted by Crippen LogP contribution is -2.27. The van der Waals surface area contributed by atoms with E-state index in [1.165, 1.54) is 28.0 Å². The number of hydrogen-bond acceptors (Lipinski definition) is 9.